The smallest absolute Gasteiger partial charge is 0.335 e. The van der Waals surface area contributed by atoms with Crippen LogP contribution < -0.4 is 18.9 Å². The van der Waals surface area contributed by atoms with E-state index in [1.54, 1.807) is 36.4 Å². The van der Waals surface area contributed by atoms with Crippen molar-refractivity contribution >= 4 is 23.6 Å². The van der Waals surface area contributed by atoms with Gasteiger partial charge in [-0.2, -0.15) is 0 Å². The quantitative estimate of drug-likeness (QED) is 0.869. The minimum absolute atomic E-state index is 0.00652. The minimum Gasteiger partial charge on any atom is -0.490 e. The van der Waals surface area contributed by atoms with E-state index in [4.69, 9.17) is 35.7 Å². The Bertz CT molecular complexity index is 905. The standard InChI is InChI=1S/C19H15ClO6/c20-14-7-11-6-12(19(21)22)10-25-16(11)9-17(14)26-13-2-3-15-18(8-13)24-5-1-4-23-15/h2-3,6-9H,1,4-5,10H2,(H,21,22). The van der Waals surface area contributed by atoms with E-state index in [1.165, 1.54) is 0 Å². The third-order valence-corrected chi connectivity index (χ3v) is 4.29. The molecule has 1 N–H and O–H groups in total. The number of ether oxygens (including phenoxy) is 4. The number of aliphatic carboxylic acids is 1. The van der Waals surface area contributed by atoms with E-state index in [-0.39, 0.29) is 12.2 Å². The number of benzene rings is 2. The van der Waals surface area contributed by atoms with Crippen LogP contribution in [-0.2, 0) is 4.79 Å². The molecule has 134 valence electrons. The fourth-order valence-electron chi connectivity index (χ4n) is 2.71. The summed E-state index contributed by atoms with van der Waals surface area (Å²) in [6.45, 7) is 1.20. The number of carboxylic acid groups (broad SMARTS) is 1. The topological polar surface area (TPSA) is 74.2 Å². The van der Waals surface area contributed by atoms with Crippen LogP contribution in [0, 0.1) is 0 Å². The van der Waals surface area contributed by atoms with Crippen LogP contribution in [0.3, 0.4) is 0 Å². The van der Waals surface area contributed by atoms with Crippen molar-refractivity contribution in [1.29, 1.82) is 0 Å². The molecular formula is C19H15ClO6. The summed E-state index contributed by atoms with van der Waals surface area (Å²) in [6, 6.07) is 8.58. The lowest BCUT2D eigenvalue weighted by Crippen LogP contribution is -2.14. The Balaban J connectivity index is 1.62. The van der Waals surface area contributed by atoms with E-state index in [2.05, 4.69) is 0 Å². The molecule has 6 nitrogen and oxygen atoms in total. The summed E-state index contributed by atoms with van der Waals surface area (Å²) in [5.74, 6) is 1.77. The highest BCUT2D eigenvalue weighted by Gasteiger charge is 2.19. The second-order valence-electron chi connectivity index (χ2n) is 5.84. The number of carbonyl (C=O) groups is 1. The molecule has 2 heterocycles. The Morgan fingerprint density at radius 3 is 2.65 bits per heavy atom. The Morgan fingerprint density at radius 1 is 1.04 bits per heavy atom. The largest absolute Gasteiger partial charge is 0.490 e. The van der Waals surface area contributed by atoms with Crippen molar-refractivity contribution < 1.29 is 28.8 Å². The van der Waals surface area contributed by atoms with Gasteiger partial charge in [-0.05, 0) is 24.3 Å². The van der Waals surface area contributed by atoms with Crippen LogP contribution in [0.2, 0.25) is 5.02 Å². The molecule has 0 saturated heterocycles. The number of hydrogen-bond acceptors (Lipinski definition) is 5. The monoisotopic (exact) mass is 374 g/mol. The first-order valence-electron chi connectivity index (χ1n) is 8.08. The van der Waals surface area contributed by atoms with Crippen LogP contribution in [0.25, 0.3) is 6.08 Å². The molecule has 0 unspecified atom stereocenters. The first kappa shape index (κ1) is 16.6. The van der Waals surface area contributed by atoms with Crippen molar-refractivity contribution in [3.63, 3.8) is 0 Å². The molecule has 0 spiro atoms. The summed E-state index contributed by atoms with van der Waals surface area (Å²) in [6.07, 6.45) is 2.37. The average Bonchev–Trinajstić information content (AvgIpc) is 2.87. The van der Waals surface area contributed by atoms with E-state index in [0.717, 1.165) is 6.42 Å². The van der Waals surface area contributed by atoms with E-state index in [1.807, 2.05) is 0 Å². The van der Waals surface area contributed by atoms with Crippen LogP contribution in [0.4, 0.5) is 0 Å². The molecule has 0 aromatic heterocycles. The third kappa shape index (κ3) is 3.28. The Kier molecular flexibility index (Phi) is 4.34. The lowest BCUT2D eigenvalue weighted by Gasteiger charge is -2.18. The summed E-state index contributed by atoms with van der Waals surface area (Å²) < 4.78 is 22.6. The predicted octanol–water partition coefficient (Wildman–Crippen LogP) is 4.15. The minimum atomic E-state index is -1.01. The van der Waals surface area contributed by atoms with Crippen molar-refractivity contribution in [3.05, 3.63) is 46.5 Å². The van der Waals surface area contributed by atoms with Crippen molar-refractivity contribution in [2.24, 2.45) is 0 Å². The van der Waals surface area contributed by atoms with Gasteiger partial charge in [0, 0.05) is 24.1 Å². The summed E-state index contributed by atoms with van der Waals surface area (Å²) in [5.41, 5.74) is 0.773. The molecule has 0 fully saturated rings. The number of halogens is 1. The predicted molar refractivity (Wildman–Crippen MR) is 94.7 cm³/mol. The van der Waals surface area contributed by atoms with E-state index >= 15 is 0 Å². The molecule has 26 heavy (non-hydrogen) atoms. The summed E-state index contributed by atoms with van der Waals surface area (Å²) >= 11 is 6.29. The van der Waals surface area contributed by atoms with Gasteiger partial charge < -0.3 is 24.1 Å². The molecule has 2 aliphatic heterocycles. The van der Waals surface area contributed by atoms with Gasteiger partial charge in [0.05, 0.1) is 23.8 Å². The van der Waals surface area contributed by atoms with Crippen molar-refractivity contribution in [2.75, 3.05) is 19.8 Å². The second-order valence-corrected chi connectivity index (χ2v) is 6.25. The van der Waals surface area contributed by atoms with E-state index in [0.29, 0.717) is 52.5 Å². The zero-order chi connectivity index (χ0) is 18.1. The summed E-state index contributed by atoms with van der Waals surface area (Å²) in [7, 11) is 0. The zero-order valence-corrected chi connectivity index (χ0v) is 14.4. The first-order chi connectivity index (χ1) is 12.6. The number of rotatable bonds is 3. The lowest BCUT2D eigenvalue weighted by atomic mass is 10.1. The molecule has 7 heteroatoms. The molecule has 0 atom stereocenters. The van der Waals surface area contributed by atoms with Crippen LogP contribution in [0.15, 0.2) is 35.9 Å². The highest BCUT2D eigenvalue weighted by atomic mass is 35.5. The number of carboxylic acids is 1. The van der Waals surface area contributed by atoms with Crippen LogP contribution in [0.1, 0.15) is 12.0 Å². The van der Waals surface area contributed by atoms with Crippen molar-refractivity contribution in [2.45, 2.75) is 6.42 Å². The first-order valence-corrected chi connectivity index (χ1v) is 8.45. The summed E-state index contributed by atoms with van der Waals surface area (Å²) in [4.78, 5) is 11.1. The average molecular weight is 375 g/mol. The van der Waals surface area contributed by atoms with Crippen molar-refractivity contribution in [1.82, 2.24) is 0 Å². The van der Waals surface area contributed by atoms with Gasteiger partial charge >= 0.3 is 5.97 Å². The molecular weight excluding hydrogens is 360 g/mol. The van der Waals surface area contributed by atoms with E-state index < -0.39 is 5.97 Å². The molecule has 2 aromatic rings. The Morgan fingerprint density at radius 2 is 1.85 bits per heavy atom. The molecule has 0 saturated carbocycles. The maximum absolute atomic E-state index is 11.1. The van der Waals surface area contributed by atoms with Gasteiger partial charge in [0.25, 0.3) is 0 Å². The number of fused-ring (bicyclic) bond motifs is 2. The van der Waals surface area contributed by atoms with Crippen molar-refractivity contribution in [3.8, 4) is 28.7 Å². The molecule has 0 bridgehead atoms. The van der Waals surface area contributed by atoms with Crippen LogP contribution >= 0.6 is 11.6 Å². The Hall–Kier alpha value is -2.86. The number of hydrogen-bond donors (Lipinski definition) is 1. The molecule has 0 aliphatic carbocycles. The van der Waals surface area contributed by atoms with Crippen LogP contribution in [-0.4, -0.2) is 30.9 Å². The van der Waals surface area contributed by atoms with Gasteiger partial charge in [-0.1, -0.05) is 11.6 Å². The SMILES string of the molecule is O=C(O)C1=Cc2cc(Cl)c(Oc3ccc4c(c3)OCCCO4)cc2OC1. The van der Waals surface area contributed by atoms with Gasteiger partial charge in [-0.3, -0.25) is 0 Å². The highest BCUT2D eigenvalue weighted by molar-refractivity contribution is 6.32. The molecule has 0 radical (unpaired) electrons. The Labute approximate surface area is 154 Å². The fraction of sp³-hybridized carbons (Fsp3) is 0.211. The maximum Gasteiger partial charge on any atom is 0.335 e. The summed E-state index contributed by atoms with van der Waals surface area (Å²) in [5, 5.41) is 9.42. The molecule has 0 amide bonds. The zero-order valence-electron chi connectivity index (χ0n) is 13.7. The molecule has 2 aromatic carbocycles. The van der Waals surface area contributed by atoms with Gasteiger partial charge in [0.15, 0.2) is 11.5 Å². The molecule has 4 rings (SSSR count). The second kappa shape index (κ2) is 6.80. The van der Waals surface area contributed by atoms with E-state index in [9.17, 15) is 4.79 Å². The lowest BCUT2D eigenvalue weighted by molar-refractivity contribution is -0.132. The maximum atomic E-state index is 11.1. The van der Waals surface area contributed by atoms with Gasteiger partial charge in [-0.25, -0.2) is 4.79 Å². The highest BCUT2D eigenvalue weighted by Crippen LogP contribution is 2.40. The van der Waals surface area contributed by atoms with Gasteiger partial charge in [0.2, 0.25) is 0 Å². The van der Waals surface area contributed by atoms with Gasteiger partial charge in [0.1, 0.15) is 23.9 Å². The normalized spacial score (nSPS) is 15.2. The molecule has 2 aliphatic rings. The van der Waals surface area contributed by atoms with Gasteiger partial charge in [-0.15, -0.1) is 0 Å². The fourth-order valence-corrected chi connectivity index (χ4v) is 2.92. The third-order valence-electron chi connectivity index (χ3n) is 4.00. The van der Waals surface area contributed by atoms with Crippen LogP contribution in [0.5, 0.6) is 28.7 Å².